The summed E-state index contributed by atoms with van der Waals surface area (Å²) < 4.78 is 5.30. The van der Waals surface area contributed by atoms with Gasteiger partial charge in [-0.15, -0.1) is 0 Å². The normalized spacial score (nSPS) is 29.4. The number of nitrogens with one attached hydrogen (secondary N) is 1. The van der Waals surface area contributed by atoms with Gasteiger partial charge in [0.2, 0.25) is 11.8 Å². The number of nitrogens with zero attached hydrogens (tertiary/aromatic N) is 1. The fourth-order valence-corrected chi connectivity index (χ4v) is 3.27. The second-order valence-corrected chi connectivity index (χ2v) is 6.36. The minimum atomic E-state index is -0.586. The quantitative estimate of drug-likeness (QED) is 0.743. The van der Waals surface area contributed by atoms with E-state index < -0.39 is 10.8 Å². The Morgan fingerprint density at radius 2 is 1.95 bits per heavy atom. The number of carbonyl (C=O) groups is 2. The number of likely N-dealkylation sites (tertiary alicyclic amines) is 1. The highest BCUT2D eigenvalue weighted by Gasteiger charge is 2.47. The molecule has 6 nitrogen and oxygen atoms in total. The van der Waals surface area contributed by atoms with E-state index in [0.717, 1.165) is 25.9 Å². The lowest BCUT2D eigenvalue weighted by atomic mass is 9.78. The molecule has 0 spiro atoms. The van der Waals surface area contributed by atoms with Crippen molar-refractivity contribution in [1.82, 2.24) is 10.2 Å². The molecule has 0 aromatic carbocycles. The Balaban J connectivity index is 2.11. The van der Waals surface area contributed by atoms with Crippen LogP contribution in [0, 0.1) is 10.8 Å². The molecular formula is C14H25N3O3. The molecular weight excluding hydrogens is 258 g/mol. The van der Waals surface area contributed by atoms with Crippen molar-refractivity contribution in [3.05, 3.63) is 0 Å². The molecule has 20 heavy (non-hydrogen) atoms. The molecule has 0 aromatic heterocycles. The molecule has 1 unspecified atom stereocenters. The van der Waals surface area contributed by atoms with Crippen molar-refractivity contribution in [3.8, 4) is 0 Å². The Bertz CT molecular complexity index is 388. The fourth-order valence-electron chi connectivity index (χ4n) is 3.27. The number of piperidine rings is 1. The predicted molar refractivity (Wildman–Crippen MR) is 74.9 cm³/mol. The summed E-state index contributed by atoms with van der Waals surface area (Å²) >= 11 is 0. The van der Waals surface area contributed by atoms with E-state index in [2.05, 4.69) is 5.32 Å². The summed E-state index contributed by atoms with van der Waals surface area (Å²) in [6, 6.07) is 0. The molecule has 2 saturated heterocycles. The first kappa shape index (κ1) is 15.3. The number of hydrogen-bond acceptors (Lipinski definition) is 4. The van der Waals surface area contributed by atoms with Gasteiger partial charge < -0.3 is 20.7 Å². The molecule has 0 radical (unpaired) electrons. The number of ether oxygens (including phenoxy) is 1. The fraction of sp³-hybridized carbons (Fsp3) is 0.857. The van der Waals surface area contributed by atoms with Gasteiger partial charge in [-0.3, -0.25) is 9.59 Å². The minimum Gasteiger partial charge on any atom is -0.384 e. The van der Waals surface area contributed by atoms with Crippen LogP contribution in [-0.2, 0) is 14.3 Å². The zero-order valence-corrected chi connectivity index (χ0v) is 12.4. The van der Waals surface area contributed by atoms with Gasteiger partial charge in [0.25, 0.3) is 0 Å². The van der Waals surface area contributed by atoms with E-state index in [1.165, 1.54) is 0 Å². The van der Waals surface area contributed by atoms with Crippen molar-refractivity contribution in [1.29, 1.82) is 0 Å². The SMILES string of the molecule is COCC1(C(=O)N2CCC(C)(C(N)=O)C2)CCNCC1. The minimum absolute atomic E-state index is 0.117. The molecule has 3 N–H and O–H groups in total. The van der Waals surface area contributed by atoms with Crippen molar-refractivity contribution >= 4 is 11.8 Å². The zero-order valence-electron chi connectivity index (χ0n) is 12.4. The van der Waals surface area contributed by atoms with Crippen LogP contribution in [0.5, 0.6) is 0 Å². The maximum Gasteiger partial charge on any atom is 0.231 e. The summed E-state index contributed by atoms with van der Waals surface area (Å²) in [5, 5.41) is 3.28. The molecule has 0 bridgehead atoms. The highest BCUT2D eigenvalue weighted by atomic mass is 16.5. The lowest BCUT2D eigenvalue weighted by Gasteiger charge is -2.38. The Hall–Kier alpha value is -1.14. The summed E-state index contributed by atoms with van der Waals surface area (Å²) in [6.07, 6.45) is 2.21. The van der Waals surface area contributed by atoms with Gasteiger partial charge in [0.15, 0.2) is 0 Å². The van der Waals surface area contributed by atoms with Gasteiger partial charge in [-0.25, -0.2) is 0 Å². The molecule has 114 valence electrons. The maximum absolute atomic E-state index is 12.9. The van der Waals surface area contributed by atoms with Crippen LogP contribution in [0.1, 0.15) is 26.2 Å². The summed E-state index contributed by atoms with van der Waals surface area (Å²) in [5.41, 5.74) is 4.42. The van der Waals surface area contributed by atoms with Crippen LogP contribution < -0.4 is 11.1 Å². The van der Waals surface area contributed by atoms with Gasteiger partial charge in [-0.2, -0.15) is 0 Å². The number of nitrogens with two attached hydrogens (primary N) is 1. The van der Waals surface area contributed by atoms with Crippen LogP contribution in [0.25, 0.3) is 0 Å². The van der Waals surface area contributed by atoms with E-state index in [0.29, 0.717) is 26.1 Å². The van der Waals surface area contributed by atoms with Crippen molar-refractivity contribution in [2.75, 3.05) is 39.9 Å². The molecule has 2 aliphatic heterocycles. The average Bonchev–Trinajstić information content (AvgIpc) is 2.83. The largest absolute Gasteiger partial charge is 0.384 e. The number of carbonyl (C=O) groups excluding carboxylic acids is 2. The van der Waals surface area contributed by atoms with E-state index in [4.69, 9.17) is 10.5 Å². The van der Waals surface area contributed by atoms with Gasteiger partial charge in [0.1, 0.15) is 0 Å². The number of hydrogen-bond donors (Lipinski definition) is 2. The number of rotatable bonds is 4. The van der Waals surface area contributed by atoms with Crippen LogP contribution in [0.2, 0.25) is 0 Å². The summed E-state index contributed by atoms with van der Waals surface area (Å²) in [5.74, 6) is -0.204. The smallest absolute Gasteiger partial charge is 0.231 e. The lowest BCUT2D eigenvalue weighted by molar-refractivity contribution is -0.147. The lowest BCUT2D eigenvalue weighted by Crippen LogP contribution is -2.51. The first-order chi connectivity index (χ1) is 9.43. The second-order valence-electron chi connectivity index (χ2n) is 6.36. The molecule has 0 aromatic rings. The summed E-state index contributed by atoms with van der Waals surface area (Å²) in [4.78, 5) is 26.2. The average molecular weight is 283 g/mol. The first-order valence-electron chi connectivity index (χ1n) is 7.22. The first-order valence-corrected chi connectivity index (χ1v) is 7.22. The second kappa shape index (κ2) is 5.69. The number of primary amides is 1. The van der Waals surface area contributed by atoms with Gasteiger partial charge in [0.05, 0.1) is 17.4 Å². The van der Waals surface area contributed by atoms with E-state index >= 15 is 0 Å². The third-order valence-electron chi connectivity index (χ3n) is 4.79. The molecule has 2 fully saturated rings. The van der Waals surface area contributed by atoms with Gasteiger partial charge in [-0.05, 0) is 39.3 Å². The van der Waals surface area contributed by atoms with Gasteiger partial charge in [0, 0.05) is 20.2 Å². The Morgan fingerprint density at radius 1 is 1.30 bits per heavy atom. The standard InChI is InChI=1S/C14H25N3O3/c1-13(11(15)18)5-8-17(9-13)12(19)14(10-20-2)3-6-16-7-4-14/h16H,3-10H2,1-2H3,(H2,15,18). The summed E-state index contributed by atoms with van der Waals surface area (Å²) in [6.45, 7) is 4.98. The Labute approximate surface area is 120 Å². The van der Waals surface area contributed by atoms with Crippen LogP contribution in [0.3, 0.4) is 0 Å². The molecule has 0 aliphatic carbocycles. The third-order valence-corrected chi connectivity index (χ3v) is 4.79. The van der Waals surface area contributed by atoms with Crippen LogP contribution >= 0.6 is 0 Å². The monoisotopic (exact) mass is 283 g/mol. The van der Waals surface area contributed by atoms with Crippen molar-refractivity contribution in [3.63, 3.8) is 0 Å². The van der Waals surface area contributed by atoms with Crippen LogP contribution in [-0.4, -0.2) is 56.6 Å². The molecule has 0 saturated carbocycles. The number of amides is 2. The van der Waals surface area contributed by atoms with Crippen molar-refractivity contribution in [2.24, 2.45) is 16.6 Å². The third kappa shape index (κ3) is 2.67. The zero-order chi connectivity index (χ0) is 14.8. The van der Waals surface area contributed by atoms with Crippen LogP contribution in [0.15, 0.2) is 0 Å². The van der Waals surface area contributed by atoms with Gasteiger partial charge in [-0.1, -0.05) is 0 Å². The topological polar surface area (TPSA) is 84.7 Å². The molecule has 2 aliphatic rings. The maximum atomic E-state index is 12.9. The van der Waals surface area contributed by atoms with Gasteiger partial charge >= 0.3 is 0 Å². The predicted octanol–water partition coefficient (Wildman–Crippen LogP) is -0.273. The Kier molecular flexibility index (Phi) is 4.34. The molecule has 2 amide bonds. The molecule has 1 atom stereocenters. The highest BCUT2D eigenvalue weighted by Crippen LogP contribution is 2.36. The number of methoxy groups -OCH3 is 1. The highest BCUT2D eigenvalue weighted by molar-refractivity contribution is 5.86. The van der Waals surface area contributed by atoms with E-state index in [-0.39, 0.29) is 11.8 Å². The van der Waals surface area contributed by atoms with E-state index in [1.807, 2.05) is 6.92 Å². The Morgan fingerprint density at radius 3 is 2.45 bits per heavy atom. The van der Waals surface area contributed by atoms with E-state index in [9.17, 15) is 9.59 Å². The van der Waals surface area contributed by atoms with Crippen molar-refractivity contribution < 1.29 is 14.3 Å². The molecule has 2 rings (SSSR count). The van der Waals surface area contributed by atoms with Crippen LogP contribution in [0.4, 0.5) is 0 Å². The van der Waals surface area contributed by atoms with E-state index in [1.54, 1.807) is 12.0 Å². The molecule has 2 heterocycles. The molecule has 6 heteroatoms. The van der Waals surface area contributed by atoms with Crippen molar-refractivity contribution in [2.45, 2.75) is 26.2 Å². The summed E-state index contributed by atoms with van der Waals surface area (Å²) in [7, 11) is 1.63.